The van der Waals surface area contributed by atoms with Gasteiger partial charge in [-0.25, -0.2) is 9.78 Å². The fourth-order valence-electron chi connectivity index (χ4n) is 4.98. The Kier molecular flexibility index (Phi) is 6.77. The van der Waals surface area contributed by atoms with Crippen LogP contribution in [0.4, 0.5) is 0 Å². The summed E-state index contributed by atoms with van der Waals surface area (Å²) < 4.78 is 11.9. The van der Waals surface area contributed by atoms with E-state index in [0.29, 0.717) is 47.9 Å². The highest BCUT2D eigenvalue weighted by Crippen LogP contribution is 2.40. The second kappa shape index (κ2) is 10.2. The SMILES string of the molecule is COC(=O)c1ccc(C2/C(=C(\O)c3c(C)nc4ccccn34)C(=O)C(=O)N2CCN2CCOCC2)cc1. The highest BCUT2D eigenvalue weighted by Gasteiger charge is 2.46. The Balaban J connectivity index is 1.60. The molecule has 0 bridgehead atoms. The Morgan fingerprint density at radius 1 is 1.11 bits per heavy atom. The molecule has 2 fully saturated rings. The molecule has 10 heteroatoms. The second-order valence-electron chi connectivity index (χ2n) is 9.03. The van der Waals surface area contributed by atoms with Gasteiger partial charge in [0, 0.05) is 32.4 Å². The number of Topliss-reactive ketones (excluding diaryl/α,β-unsaturated/α-hetero) is 1. The monoisotopic (exact) mass is 504 g/mol. The lowest BCUT2D eigenvalue weighted by molar-refractivity contribution is -0.140. The van der Waals surface area contributed by atoms with Crippen LogP contribution in [-0.4, -0.2) is 88.5 Å². The number of ketones is 1. The first-order chi connectivity index (χ1) is 17.9. The van der Waals surface area contributed by atoms with Crippen LogP contribution in [0.5, 0.6) is 0 Å². The van der Waals surface area contributed by atoms with Crippen molar-refractivity contribution in [1.82, 2.24) is 19.2 Å². The van der Waals surface area contributed by atoms with E-state index >= 15 is 0 Å². The highest BCUT2D eigenvalue weighted by atomic mass is 16.5. The molecule has 1 atom stereocenters. The number of pyridine rings is 1. The lowest BCUT2D eigenvalue weighted by Gasteiger charge is -2.31. The Bertz CT molecular complexity index is 1390. The minimum Gasteiger partial charge on any atom is -0.505 e. The summed E-state index contributed by atoms with van der Waals surface area (Å²) in [5.41, 5.74) is 2.44. The van der Waals surface area contributed by atoms with E-state index in [1.54, 1.807) is 53.9 Å². The van der Waals surface area contributed by atoms with E-state index in [1.165, 1.54) is 12.0 Å². The van der Waals surface area contributed by atoms with E-state index in [-0.39, 0.29) is 17.9 Å². The predicted octanol–water partition coefficient (Wildman–Crippen LogP) is 2.18. The first kappa shape index (κ1) is 24.7. The van der Waals surface area contributed by atoms with E-state index in [9.17, 15) is 19.5 Å². The molecule has 2 aliphatic heterocycles. The summed E-state index contributed by atoms with van der Waals surface area (Å²) in [4.78, 5) is 46.8. The number of morpholine rings is 1. The number of aromatic nitrogens is 2. The fourth-order valence-corrected chi connectivity index (χ4v) is 4.98. The molecule has 1 unspecified atom stereocenters. The largest absolute Gasteiger partial charge is 0.505 e. The van der Waals surface area contributed by atoms with Gasteiger partial charge < -0.3 is 19.5 Å². The molecule has 0 aliphatic carbocycles. The quantitative estimate of drug-likeness (QED) is 0.235. The number of nitrogens with zero attached hydrogens (tertiary/aromatic N) is 4. The molecule has 10 nitrogen and oxygen atoms in total. The van der Waals surface area contributed by atoms with Crippen LogP contribution >= 0.6 is 0 Å². The first-order valence-corrected chi connectivity index (χ1v) is 12.1. The van der Waals surface area contributed by atoms with Crippen molar-refractivity contribution in [3.05, 3.63) is 76.7 Å². The number of rotatable bonds is 6. The van der Waals surface area contributed by atoms with Gasteiger partial charge >= 0.3 is 5.97 Å². The maximum atomic E-state index is 13.4. The van der Waals surface area contributed by atoms with E-state index in [0.717, 1.165) is 13.1 Å². The van der Waals surface area contributed by atoms with Crippen molar-refractivity contribution < 1.29 is 29.0 Å². The highest BCUT2D eigenvalue weighted by molar-refractivity contribution is 6.46. The van der Waals surface area contributed by atoms with Gasteiger partial charge in [0.25, 0.3) is 11.7 Å². The topological polar surface area (TPSA) is 114 Å². The van der Waals surface area contributed by atoms with Crippen molar-refractivity contribution in [3.8, 4) is 0 Å². The van der Waals surface area contributed by atoms with Gasteiger partial charge in [0.1, 0.15) is 11.3 Å². The van der Waals surface area contributed by atoms with Gasteiger partial charge in [0.15, 0.2) is 5.76 Å². The van der Waals surface area contributed by atoms with Gasteiger partial charge in [-0.1, -0.05) is 18.2 Å². The smallest absolute Gasteiger partial charge is 0.337 e. The molecule has 0 saturated carbocycles. The van der Waals surface area contributed by atoms with E-state index in [2.05, 4.69) is 9.88 Å². The minimum absolute atomic E-state index is 0.00783. The zero-order valence-electron chi connectivity index (χ0n) is 20.7. The Morgan fingerprint density at radius 3 is 2.54 bits per heavy atom. The number of fused-ring (bicyclic) bond motifs is 1. The summed E-state index contributed by atoms with van der Waals surface area (Å²) in [6, 6.07) is 11.1. The summed E-state index contributed by atoms with van der Waals surface area (Å²) in [5, 5.41) is 11.5. The van der Waals surface area contributed by atoms with Crippen molar-refractivity contribution >= 4 is 29.1 Å². The molecule has 4 heterocycles. The van der Waals surface area contributed by atoms with Crippen molar-refractivity contribution in [2.75, 3.05) is 46.5 Å². The Hall–Kier alpha value is -4.02. The molecule has 1 N–H and O–H groups in total. The van der Waals surface area contributed by atoms with Crippen molar-refractivity contribution in [2.45, 2.75) is 13.0 Å². The average molecular weight is 505 g/mol. The lowest BCUT2D eigenvalue weighted by atomic mass is 9.95. The molecular weight excluding hydrogens is 476 g/mol. The number of aryl methyl sites for hydroxylation is 1. The molecule has 0 radical (unpaired) electrons. The number of esters is 1. The molecule has 2 aromatic heterocycles. The zero-order chi connectivity index (χ0) is 26.1. The predicted molar refractivity (Wildman–Crippen MR) is 134 cm³/mol. The third-order valence-electron chi connectivity index (χ3n) is 6.88. The van der Waals surface area contributed by atoms with Gasteiger partial charge in [0.2, 0.25) is 0 Å². The van der Waals surface area contributed by atoms with Crippen LogP contribution in [0, 0.1) is 6.92 Å². The number of hydrogen-bond donors (Lipinski definition) is 1. The number of carbonyl (C=O) groups excluding carboxylic acids is 3. The summed E-state index contributed by atoms with van der Waals surface area (Å²) in [5.74, 6) is -2.21. The molecule has 0 spiro atoms. The molecule has 1 aromatic carbocycles. The average Bonchev–Trinajstić information content (AvgIpc) is 3.39. The van der Waals surface area contributed by atoms with E-state index in [1.807, 2.05) is 6.07 Å². The number of benzene rings is 1. The Labute approximate surface area is 213 Å². The van der Waals surface area contributed by atoms with Crippen LogP contribution in [0.2, 0.25) is 0 Å². The lowest BCUT2D eigenvalue weighted by Crippen LogP contribution is -2.42. The van der Waals surface area contributed by atoms with Gasteiger partial charge in [-0.3, -0.25) is 18.9 Å². The van der Waals surface area contributed by atoms with Crippen molar-refractivity contribution in [1.29, 1.82) is 0 Å². The second-order valence-corrected chi connectivity index (χ2v) is 9.03. The van der Waals surface area contributed by atoms with E-state index < -0.39 is 23.7 Å². The molecule has 5 rings (SSSR count). The molecule has 37 heavy (non-hydrogen) atoms. The molecule has 3 aromatic rings. The van der Waals surface area contributed by atoms with Crippen molar-refractivity contribution in [2.24, 2.45) is 0 Å². The normalized spacial score (nSPS) is 20.1. The standard InChI is InChI=1S/C27H28N4O6/c1-17-22(30-10-4-3-5-20(30)28-17)24(32)21-23(18-6-8-19(9-7-18)27(35)36-2)31(26(34)25(21)33)12-11-29-13-15-37-16-14-29/h3-10,23,32H,11-16H2,1-2H3/b24-21+. The number of ether oxygens (including phenoxy) is 2. The summed E-state index contributed by atoms with van der Waals surface area (Å²) >= 11 is 0. The number of likely N-dealkylation sites (tertiary alicyclic amines) is 1. The third kappa shape index (κ3) is 4.49. The number of aliphatic hydroxyl groups is 1. The first-order valence-electron chi connectivity index (χ1n) is 12.1. The van der Waals surface area contributed by atoms with Crippen molar-refractivity contribution in [3.63, 3.8) is 0 Å². The van der Waals surface area contributed by atoms with Crippen LogP contribution in [0.3, 0.4) is 0 Å². The van der Waals surface area contributed by atoms with Crippen LogP contribution < -0.4 is 0 Å². The fraction of sp³-hybridized carbons (Fsp3) is 0.333. The van der Waals surface area contributed by atoms with Gasteiger partial charge in [-0.2, -0.15) is 0 Å². The number of carbonyl (C=O) groups is 3. The van der Waals surface area contributed by atoms with Gasteiger partial charge in [-0.05, 0) is 36.8 Å². The summed E-state index contributed by atoms with van der Waals surface area (Å²) in [6.45, 7) is 5.30. The third-order valence-corrected chi connectivity index (χ3v) is 6.88. The molecular formula is C27H28N4O6. The number of aliphatic hydroxyl groups excluding tert-OH is 1. The summed E-state index contributed by atoms with van der Waals surface area (Å²) in [7, 11) is 1.30. The Morgan fingerprint density at radius 2 is 1.84 bits per heavy atom. The number of amides is 1. The zero-order valence-corrected chi connectivity index (χ0v) is 20.7. The van der Waals surface area contributed by atoms with E-state index in [4.69, 9.17) is 9.47 Å². The molecule has 2 saturated heterocycles. The number of imidazole rings is 1. The van der Waals surface area contributed by atoms with Crippen LogP contribution in [0.15, 0.2) is 54.2 Å². The van der Waals surface area contributed by atoms with Gasteiger partial charge in [-0.15, -0.1) is 0 Å². The van der Waals surface area contributed by atoms with Crippen LogP contribution in [-0.2, 0) is 19.1 Å². The minimum atomic E-state index is -0.832. The number of methoxy groups -OCH3 is 1. The summed E-state index contributed by atoms with van der Waals surface area (Å²) in [6.07, 6.45) is 1.75. The number of hydrogen-bond acceptors (Lipinski definition) is 8. The molecule has 192 valence electrons. The maximum Gasteiger partial charge on any atom is 0.337 e. The van der Waals surface area contributed by atoms with Crippen LogP contribution in [0.1, 0.15) is 33.4 Å². The van der Waals surface area contributed by atoms with Gasteiger partial charge in [0.05, 0.1) is 43.2 Å². The molecule has 1 amide bonds. The van der Waals surface area contributed by atoms with Crippen LogP contribution in [0.25, 0.3) is 11.4 Å². The molecule has 2 aliphatic rings. The maximum absolute atomic E-state index is 13.4.